The average molecular weight is 518 g/mol. The van der Waals surface area contributed by atoms with E-state index in [1.165, 1.54) is 10.8 Å². The highest BCUT2D eigenvalue weighted by Gasteiger charge is 2.18. The van der Waals surface area contributed by atoms with Crippen LogP contribution in [-0.2, 0) is 38.6 Å². The second-order valence-corrected chi connectivity index (χ2v) is 8.29. The molecule has 33 heavy (non-hydrogen) atoms. The first-order valence-corrected chi connectivity index (χ1v) is 11.4. The van der Waals surface area contributed by atoms with Crippen molar-refractivity contribution in [1.82, 2.24) is 14.1 Å². The number of benzene rings is 1. The maximum absolute atomic E-state index is 13.1. The first-order valence-electron chi connectivity index (χ1n) is 10.5. The van der Waals surface area contributed by atoms with Crippen molar-refractivity contribution in [2.45, 2.75) is 38.2 Å². The number of hydrogen-bond acceptors (Lipinski definition) is 7. The number of halogens is 1. The largest absolute Gasteiger partial charge is 0.465 e. The molecule has 1 aromatic carbocycles. The predicted molar refractivity (Wildman–Crippen MR) is 125 cm³/mol. The second kappa shape index (κ2) is 11.0. The van der Waals surface area contributed by atoms with Crippen molar-refractivity contribution in [3.8, 4) is 0 Å². The molecule has 3 aromatic rings. The van der Waals surface area contributed by atoms with Crippen LogP contribution in [0.2, 0.25) is 0 Å². The van der Waals surface area contributed by atoms with Crippen LogP contribution in [0.25, 0.3) is 11.0 Å². The fraction of sp³-hybridized carbons (Fsp3) is 0.348. The van der Waals surface area contributed by atoms with Crippen LogP contribution in [0.15, 0.2) is 52.2 Å². The van der Waals surface area contributed by atoms with Crippen molar-refractivity contribution in [1.29, 1.82) is 0 Å². The van der Waals surface area contributed by atoms with Gasteiger partial charge >= 0.3 is 17.6 Å². The molecule has 0 spiro atoms. The number of nitrogens with zero attached hydrogens (tertiary/aromatic N) is 3. The van der Waals surface area contributed by atoms with Gasteiger partial charge in [0.1, 0.15) is 17.0 Å². The number of hydrogen-bond donors (Lipinski definition) is 0. The van der Waals surface area contributed by atoms with Crippen molar-refractivity contribution < 1.29 is 19.1 Å². The molecule has 0 amide bonds. The van der Waals surface area contributed by atoms with E-state index in [0.29, 0.717) is 13.0 Å². The van der Waals surface area contributed by atoms with Gasteiger partial charge in [0.2, 0.25) is 0 Å². The molecule has 0 fully saturated rings. The van der Waals surface area contributed by atoms with Crippen LogP contribution in [0.3, 0.4) is 0 Å². The highest BCUT2D eigenvalue weighted by atomic mass is 79.9. The molecule has 3 rings (SSSR count). The van der Waals surface area contributed by atoms with Gasteiger partial charge in [-0.25, -0.2) is 14.3 Å². The van der Waals surface area contributed by atoms with E-state index < -0.39 is 28.6 Å². The van der Waals surface area contributed by atoms with Gasteiger partial charge in [-0.05, 0) is 43.5 Å². The molecule has 0 aliphatic heterocycles. The number of alkyl halides is 1. The molecular weight excluding hydrogens is 494 g/mol. The summed E-state index contributed by atoms with van der Waals surface area (Å²) in [6.07, 6.45) is 1.95. The molecule has 0 N–H and O–H groups in total. The number of aromatic nitrogens is 3. The fourth-order valence-electron chi connectivity index (χ4n) is 3.35. The molecule has 10 heteroatoms. The van der Waals surface area contributed by atoms with Gasteiger partial charge in [-0.15, -0.1) is 0 Å². The number of ether oxygens (including phenoxy) is 2. The van der Waals surface area contributed by atoms with Crippen LogP contribution >= 0.6 is 15.9 Å². The second-order valence-electron chi connectivity index (χ2n) is 7.18. The normalized spacial score (nSPS) is 11.8. The third kappa shape index (κ3) is 5.75. The van der Waals surface area contributed by atoms with Crippen LogP contribution in [0.5, 0.6) is 0 Å². The average Bonchev–Trinajstić information content (AvgIpc) is 2.81. The van der Waals surface area contributed by atoms with E-state index >= 15 is 0 Å². The highest BCUT2D eigenvalue weighted by molar-refractivity contribution is 9.10. The van der Waals surface area contributed by atoms with E-state index in [9.17, 15) is 19.2 Å². The van der Waals surface area contributed by atoms with Gasteiger partial charge in [-0.2, -0.15) is 0 Å². The summed E-state index contributed by atoms with van der Waals surface area (Å²) in [5.41, 5.74) is 0.698. The molecule has 1 atom stereocenters. The van der Waals surface area contributed by atoms with E-state index in [0.717, 1.165) is 15.7 Å². The zero-order valence-electron chi connectivity index (χ0n) is 18.3. The Morgan fingerprint density at radius 3 is 2.33 bits per heavy atom. The smallest absolute Gasteiger partial charge is 0.333 e. The van der Waals surface area contributed by atoms with Crippen LogP contribution in [0.1, 0.15) is 25.0 Å². The van der Waals surface area contributed by atoms with Crippen molar-refractivity contribution in [3.63, 3.8) is 0 Å². The molecule has 0 radical (unpaired) electrons. The monoisotopic (exact) mass is 517 g/mol. The molecule has 2 aromatic heterocycles. The number of esters is 2. The van der Waals surface area contributed by atoms with Gasteiger partial charge in [0, 0.05) is 6.20 Å². The number of carbonyl (C=O) groups excluding carboxylic acids is 2. The van der Waals surface area contributed by atoms with E-state index in [1.807, 2.05) is 24.3 Å². The Kier molecular flexibility index (Phi) is 8.16. The molecule has 174 valence electrons. The molecule has 0 saturated heterocycles. The minimum Gasteiger partial charge on any atom is -0.465 e. The van der Waals surface area contributed by atoms with Crippen molar-refractivity contribution in [3.05, 3.63) is 74.6 Å². The van der Waals surface area contributed by atoms with E-state index in [1.54, 1.807) is 26.0 Å². The Balaban J connectivity index is 1.92. The van der Waals surface area contributed by atoms with Gasteiger partial charge in [0.25, 0.3) is 5.56 Å². The minimum atomic E-state index is -0.665. The Morgan fingerprint density at radius 1 is 1.00 bits per heavy atom. The van der Waals surface area contributed by atoms with E-state index in [-0.39, 0.29) is 30.2 Å². The first-order chi connectivity index (χ1) is 15.8. The SMILES string of the molecule is CCOC(=O)Cn1c(=O)c2cccnc2n(Cc2ccc(CC(Br)C(=O)OCC)cc2)c1=O. The van der Waals surface area contributed by atoms with Gasteiger partial charge < -0.3 is 9.47 Å². The Morgan fingerprint density at radius 2 is 1.67 bits per heavy atom. The third-order valence-electron chi connectivity index (χ3n) is 4.89. The maximum Gasteiger partial charge on any atom is 0.333 e. The van der Waals surface area contributed by atoms with Gasteiger partial charge in [-0.3, -0.25) is 19.0 Å². The Hall–Kier alpha value is -3.27. The molecule has 2 heterocycles. The lowest BCUT2D eigenvalue weighted by Crippen LogP contribution is -2.42. The minimum absolute atomic E-state index is 0.144. The van der Waals surface area contributed by atoms with E-state index in [4.69, 9.17) is 9.47 Å². The molecular formula is C23H24BrN3O6. The summed E-state index contributed by atoms with van der Waals surface area (Å²) in [5, 5.41) is 0.231. The van der Waals surface area contributed by atoms with Crippen molar-refractivity contribution >= 4 is 38.9 Å². The van der Waals surface area contributed by atoms with Gasteiger partial charge in [-0.1, -0.05) is 40.2 Å². The summed E-state index contributed by atoms with van der Waals surface area (Å²) < 4.78 is 12.1. The standard InChI is InChI=1S/C23H24BrN3O6/c1-3-32-19(28)14-27-21(29)17-6-5-11-25-20(17)26(23(27)31)13-16-9-7-15(8-10-16)12-18(24)22(30)33-4-2/h5-11,18H,3-4,12-14H2,1-2H3. The van der Waals surface area contributed by atoms with Crippen molar-refractivity contribution in [2.75, 3.05) is 13.2 Å². The van der Waals surface area contributed by atoms with Crippen LogP contribution in [0, 0.1) is 0 Å². The molecule has 0 bridgehead atoms. The van der Waals surface area contributed by atoms with Gasteiger partial charge in [0.15, 0.2) is 0 Å². The highest BCUT2D eigenvalue weighted by Crippen LogP contribution is 2.14. The molecule has 0 saturated carbocycles. The number of pyridine rings is 1. The van der Waals surface area contributed by atoms with Gasteiger partial charge in [0.05, 0.1) is 25.1 Å². The summed E-state index contributed by atoms with van der Waals surface area (Å²) in [6.45, 7) is 3.53. The number of fused-ring (bicyclic) bond motifs is 1. The lowest BCUT2D eigenvalue weighted by atomic mass is 10.1. The zero-order valence-corrected chi connectivity index (χ0v) is 19.9. The first kappa shape index (κ1) is 24.4. The maximum atomic E-state index is 13.1. The van der Waals surface area contributed by atoms with E-state index in [2.05, 4.69) is 20.9 Å². The lowest BCUT2D eigenvalue weighted by Gasteiger charge is -2.14. The summed E-state index contributed by atoms with van der Waals surface area (Å²) in [6, 6.07) is 10.6. The zero-order chi connectivity index (χ0) is 24.0. The van der Waals surface area contributed by atoms with Crippen LogP contribution in [0.4, 0.5) is 0 Å². The predicted octanol–water partition coefficient (Wildman–Crippen LogP) is 2.04. The summed E-state index contributed by atoms with van der Waals surface area (Å²) >= 11 is 3.34. The summed E-state index contributed by atoms with van der Waals surface area (Å²) in [4.78, 5) is 53.5. The topological polar surface area (TPSA) is 109 Å². The number of rotatable bonds is 9. The molecule has 1 unspecified atom stereocenters. The van der Waals surface area contributed by atoms with Crippen LogP contribution in [-0.4, -0.2) is 44.1 Å². The molecule has 9 nitrogen and oxygen atoms in total. The number of carbonyl (C=O) groups is 2. The van der Waals surface area contributed by atoms with Crippen LogP contribution < -0.4 is 11.2 Å². The Labute approximate surface area is 198 Å². The molecule has 0 aliphatic rings. The summed E-state index contributed by atoms with van der Waals surface area (Å²) in [7, 11) is 0. The third-order valence-corrected chi connectivity index (χ3v) is 5.59. The molecule has 0 aliphatic carbocycles. The summed E-state index contributed by atoms with van der Waals surface area (Å²) in [5.74, 6) is -0.990. The van der Waals surface area contributed by atoms with Crippen molar-refractivity contribution in [2.24, 2.45) is 0 Å². The Bertz CT molecular complexity index is 1270. The lowest BCUT2D eigenvalue weighted by molar-refractivity contribution is -0.144. The fourth-order valence-corrected chi connectivity index (χ4v) is 3.86. The quantitative estimate of drug-likeness (QED) is 0.315.